The summed E-state index contributed by atoms with van der Waals surface area (Å²) in [4.78, 5) is 16.4. The van der Waals surface area contributed by atoms with Gasteiger partial charge in [0.25, 0.3) is 0 Å². The zero-order valence-corrected chi connectivity index (χ0v) is 26.6. The summed E-state index contributed by atoms with van der Waals surface area (Å²) >= 11 is 12.1. The van der Waals surface area contributed by atoms with Crippen LogP contribution in [-0.4, -0.2) is 63.2 Å². The Labute approximate surface area is 247 Å². The summed E-state index contributed by atoms with van der Waals surface area (Å²) in [5.74, 6) is 0.760. The number of piperidine rings is 1. The van der Waals surface area contributed by atoms with E-state index >= 15 is 0 Å². The highest BCUT2D eigenvalue weighted by Gasteiger charge is 2.33. The summed E-state index contributed by atoms with van der Waals surface area (Å²) in [6.45, 7) is 11.8. The van der Waals surface area contributed by atoms with Crippen molar-refractivity contribution < 1.29 is 13.2 Å². The normalized spacial score (nSPS) is 16.3. The van der Waals surface area contributed by atoms with Gasteiger partial charge in [-0.1, -0.05) is 56.7 Å². The zero-order chi connectivity index (χ0) is 29.4. The third-order valence-electron chi connectivity index (χ3n) is 6.96. The molecule has 1 amide bonds. The number of nitrogens with zero attached hydrogens (tertiary/aromatic N) is 2. The second kappa shape index (κ2) is 18.6. The number of allylic oxidation sites excluding steroid dienone is 2. The van der Waals surface area contributed by atoms with E-state index in [1.165, 1.54) is 11.8 Å². The van der Waals surface area contributed by atoms with Crippen LogP contribution in [0.2, 0.25) is 5.02 Å². The van der Waals surface area contributed by atoms with Gasteiger partial charge in [-0.3, -0.25) is 9.79 Å². The highest BCUT2D eigenvalue weighted by atomic mass is 35.5. The molecule has 1 aromatic carbocycles. The lowest BCUT2D eigenvalue weighted by atomic mass is 9.75. The Bertz CT molecular complexity index is 1080. The van der Waals surface area contributed by atoms with Crippen molar-refractivity contribution in [2.24, 2.45) is 10.9 Å². The van der Waals surface area contributed by atoms with E-state index < -0.39 is 10.0 Å². The maximum atomic E-state index is 12.1. The van der Waals surface area contributed by atoms with Gasteiger partial charge in [-0.2, -0.15) is 0 Å². The van der Waals surface area contributed by atoms with Crippen LogP contribution in [0.15, 0.2) is 41.4 Å². The van der Waals surface area contributed by atoms with Crippen LogP contribution in [0.3, 0.4) is 0 Å². The second-order valence-corrected chi connectivity index (χ2v) is 12.3. The molecule has 1 unspecified atom stereocenters. The number of hydrogen-bond donors (Lipinski definition) is 1. The minimum absolute atomic E-state index is 0.00736. The molecule has 0 aromatic heterocycles. The molecular weight excluding hydrogens is 553 g/mol. The van der Waals surface area contributed by atoms with Gasteiger partial charge in [-0.25, -0.2) is 12.7 Å². The predicted octanol–water partition coefficient (Wildman–Crippen LogP) is 7.09. The number of carbonyl (C=O) groups is 1. The van der Waals surface area contributed by atoms with Gasteiger partial charge >= 0.3 is 0 Å². The fourth-order valence-corrected chi connectivity index (χ4v) is 6.12. The van der Waals surface area contributed by atoms with E-state index in [4.69, 9.17) is 23.2 Å². The van der Waals surface area contributed by atoms with Crippen LogP contribution in [0.25, 0.3) is 6.08 Å². The molecule has 220 valence electrons. The topological polar surface area (TPSA) is 78.8 Å². The lowest BCUT2D eigenvalue weighted by Crippen LogP contribution is -2.40. The highest BCUT2D eigenvalue weighted by Crippen LogP contribution is 2.38. The smallest absolute Gasteiger partial charge is 0.220 e. The molecule has 39 heavy (non-hydrogen) atoms. The zero-order valence-electron chi connectivity index (χ0n) is 24.3. The molecule has 1 saturated heterocycles. The molecule has 2 rings (SSSR count). The molecule has 1 aromatic rings. The first-order valence-corrected chi connectivity index (χ1v) is 16.8. The summed E-state index contributed by atoms with van der Waals surface area (Å²) in [5, 5.41) is 3.63. The summed E-state index contributed by atoms with van der Waals surface area (Å²) in [5.41, 5.74) is 4.35. The maximum absolute atomic E-state index is 12.1. The van der Waals surface area contributed by atoms with E-state index in [9.17, 15) is 13.2 Å². The Hall–Kier alpha value is -1.67. The SMILES string of the molecule is C=CC(=NC)C(c1ccc(Cl)cc1/C=C(\CC)CCCNC(=O)CCCCl)C1CCN(S(C)(=O)=O)CC1.CC. The molecule has 1 N–H and O–H groups in total. The molecule has 1 heterocycles. The molecule has 1 fully saturated rings. The maximum Gasteiger partial charge on any atom is 0.220 e. The molecule has 0 bridgehead atoms. The predicted molar refractivity (Wildman–Crippen MR) is 169 cm³/mol. The average Bonchev–Trinajstić information content (AvgIpc) is 2.93. The number of sulfonamides is 1. The Morgan fingerprint density at radius 1 is 1.23 bits per heavy atom. The lowest BCUT2D eigenvalue weighted by molar-refractivity contribution is -0.121. The number of alkyl halides is 1. The number of rotatable bonds is 14. The van der Waals surface area contributed by atoms with Crippen LogP contribution in [0.4, 0.5) is 0 Å². The van der Waals surface area contributed by atoms with E-state index in [1.807, 2.05) is 32.1 Å². The van der Waals surface area contributed by atoms with Crippen molar-refractivity contribution in [2.45, 2.75) is 71.6 Å². The van der Waals surface area contributed by atoms with E-state index in [2.05, 4.69) is 36.0 Å². The van der Waals surface area contributed by atoms with Crippen LogP contribution in [0.5, 0.6) is 0 Å². The monoisotopic (exact) mass is 599 g/mol. The summed E-state index contributed by atoms with van der Waals surface area (Å²) < 4.78 is 25.7. The minimum atomic E-state index is -3.20. The molecule has 0 aliphatic carbocycles. The third-order valence-corrected chi connectivity index (χ3v) is 8.76. The van der Waals surface area contributed by atoms with Gasteiger partial charge in [-0.05, 0) is 73.8 Å². The first-order chi connectivity index (χ1) is 18.6. The summed E-state index contributed by atoms with van der Waals surface area (Å²) in [6, 6.07) is 5.97. The number of nitrogens with one attached hydrogen (secondary N) is 1. The minimum Gasteiger partial charge on any atom is -0.356 e. The fourth-order valence-electron chi connectivity index (χ4n) is 4.94. The number of carbonyl (C=O) groups excluding carboxylic acids is 1. The number of hydrogen-bond acceptors (Lipinski definition) is 4. The van der Waals surface area contributed by atoms with Crippen molar-refractivity contribution >= 4 is 50.9 Å². The first kappa shape index (κ1) is 35.4. The van der Waals surface area contributed by atoms with Crippen LogP contribution >= 0.6 is 23.2 Å². The van der Waals surface area contributed by atoms with Crippen molar-refractivity contribution in [3.63, 3.8) is 0 Å². The van der Waals surface area contributed by atoms with Crippen molar-refractivity contribution in [1.29, 1.82) is 0 Å². The molecule has 1 aliphatic heterocycles. The number of aliphatic imine (C=N–C) groups is 1. The molecule has 0 radical (unpaired) electrons. The van der Waals surface area contributed by atoms with E-state index in [0.29, 0.717) is 43.4 Å². The molecule has 1 aliphatic rings. The largest absolute Gasteiger partial charge is 0.356 e. The average molecular weight is 601 g/mol. The van der Waals surface area contributed by atoms with Crippen LogP contribution in [0, 0.1) is 5.92 Å². The third kappa shape index (κ3) is 11.8. The van der Waals surface area contributed by atoms with Gasteiger partial charge in [0, 0.05) is 55.6 Å². The molecule has 1 atom stereocenters. The van der Waals surface area contributed by atoms with Crippen molar-refractivity contribution in [3.8, 4) is 0 Å². The second-order valence-electron chi connectivity index (χ2n) is 9.51. The lowest BCUT2D eigenvalue weighted by Gasteiger charge is -2.36. The Kier molecular flexibility index (Phi) is 16.9. The first-order valence-electron chi connectivity index (χ1n) is 14.0. The molecule has 0 spiro atoms. The molecule has 6 nitrogen and oxygen atoms in total. The number of halogens is 2. The van der Waals surface area contributed by atoms with Gasteiger partial charge in [0.1, 0.15) is 0 Å². The van der Waals surface area contributed by atoms with Gasteiger partial charge in [0.05, 0.1) is 6.26 Å². The summed E-state index contributed by atoms with van der Waals surface area (Å²) in [7, 11) is -1.42. The van der Waals surface area contributed by atoms with Crippen LogP contribution < -0.4 is 5.32 Å². The highest BCUT2D eigenvalue weighted by molar-refractivity contribution is 7.88. The van der Waals surface area contributed by atoms with Crippen molar-refractivity contribution in [3.05, 3.63) is 52.6 Å². The fraction of sp³-hybridized carbons (Fsp3) is 0.600. The van der Waals surface area contributed by atoms with E-state index in [0.717, 1.165) is 48.9 Å². The number of amides is 1. The van der Waals surface area contributed by atoms with Crippen LogP contribution in [-0.2, 0) is 14.8 Å². The van der Waals surface area contributed by atoms with Crippen molar-refractivity contribution in [2.75, 3.05) is 38.8 Å². The molecular formula is C30H47Cl2N3O3S. The molecule has 9 heteroatoms. The van der Waals surface area contributed by atoms with Gasteiger partial charge in [0.2, 0.25) is 15.9 Å². The number of benzene rings is 1. The van der Waals surface area contributed by atoms with Gasteiger partial charge in [0.15, 0.2) is 0 Å². The Morgan fingerprint density at radius 2 is 1.90 bits per heavy atom. The van der Waals surface area contributed by atoms with Crippen LogP contribution in [0.1, 0.15) is 82.8 Å². The standard InChI is InChI=1S/C28H41Cl2N3O3S.C2H6/c1-5-21(9-8-16-32-27(34)10-7-15-29)19-23-20-24(30)11-12-25(23)28(26(6-2)31-3)22-13-17-33(18-14-22)37(4,35)36;1-2/h6,11-12,19-20,22,28H,2,5,7-10,13-18H2,1,3-4H3,(H,32,34);1-2H3/b21-19+,31-26?;. The summed E-state index contributed by atoms with van der Waals surface area (Å²) in [6.07, 6.45) is 10.5. The Morgan fingerprint density at radius 3 is 2.44 bits per heavy atom. The molecule has 0 saturated carbocycles. The van der Waals surface area contributed by atoms with E-state index in [-0.39, 0.29) is 17.7 Å². The van der Waals surface area contributed by atoms with Gasteiger partial charge in [-0.15, -0.1) is 11.6 Å². The van der Waals surface area contributed by atoms with Gasteiger partial charge < -0.3 is 5.32 Å². The quantitative estimate of drug-likeness (QED) is 0.141. The van der Waals surface area contributed by atoms with E-state index in [1.54, 1.807) is 11.4 Å². The Balaban J connectivity index is 0.00000371. The van der Waals surface area contributed by atoms with Crippen molar-refractivity contribution in [1.82, 2.24) is 9.62 Å².